The highest BCUT2D eigenvalue weighted by Gasteiger charge is 2.31. The predicted octanol–water partition coefficient (Wildman–Crippen LogP) is 2.13. The number of piperidine rings is 1. The van der Waals surface area contributed by atoms with Crippen LogP contribution in [0.4, 0.5) is 13.2 Å². The van der Waals surface area contributed by atoms with Gasteiger partial charge in [0.05, 0.1) is 16.9 Å². The van der Waals surface area contributed by atoms with Crippen LogP contribution in [0.1, 0.15) is 30.1 Å². The van der Waals surface area contributed by atoms with Gasteiger partial charge in [-0.15, -0.1) is 0 Å². The number of H-pyrrole nitrogens is 1. The van der Waals surface area contributed by atoms with E-state index in [9.17, 15) is 22.8 Å². The molecule has 0 bridgehead atoms. The summed E-state index contributed by atoms with van der Waals surface area (Å²) in [6.07, 6.45) is -3.21. The zero-order valence-corrected chi connectivity index (χ0v) is 15.0. The van der Waals surface area contributed by atoms with Crippen LogP contribution in [0.25, 0.3) is 16.7 Å². The van der Waals surface area contributed by atoms with Crippen LogP contribution in [0.3, 0.4) is 0 Å². The summed E-state index contributed by atoms with van der Waals surface area (Å²) in [6.45, 7) is 3.01. The minimum absolute atomic E-state index is 0.0945. The van der Waals surface area contributed by atoms with Gasteiger partial charge in [0, 0.05) is 6.04 Å². The lowest BCUT2D eigenvalue weighted by molar-refractivity contribution is -0.137. The summed E-state index contributed by atoms with van der Waals surface area (Å²) in [6, 6.07) is 4.36. The van der Waals surface area contributed by atoms with E-state index in [4.69, 9.17) is 0 Å². The maximum Gasteiger partial charge on any atom is 0.416 e. The van der Waals surface area contributed by atoms with Gasteiger partial charge in [0.15, 0.2) is 5.65 Å². The molecule has 1 fully saturated rings. The SMILES string of the molecule is Cc1nn(-c2cccc(C(F)(F)F)c2)c2[nH]c(=O)n(C3CCNCC3)c(=O)c12. The van der Waals surface area contributed by atoms with Crippen LogP contribution in [-0.2, 0) is 6.18 Å². The molecule has 7 nitrogen and oxygen atoms in total. The molecule has 1 aromatic carbocycles. The van der Waals surface area contributed by atoms with Crippen LogP contribution in [-0.4, -0.2) is 32.4 Å². The number of nitrogens with zero attached hydrogens (tertiary/aromatic N) is 3. The third kappa shape index (κ3) is 3.03. The maximum atomic E-state index is 13.0. The molecule has 2 N–H and O–H groups in total. The zero-order chi connectivity index (χ0) is 20.1. The molecule has 28 heavy (non-hydrogen) atoms. The minimum Gasteiger partial charge on any atom is -0.317 e. The predicted molar refractivity (Wildman–Crippen MR) is 96.8 cm³/mol. The Labute approximate surface area is 156 Å². The van der Waals surface area contributed by atoms with Crippen LogP contribution in [0.15, 0.2) is 33.9 Å². The Balaban J connectivity index is 1.92. The molecule has 0 saturated carbocycles. The molecule has 2 aromatic heterocycles. The number of hydrogen-bond acceptors (Lipinski definition) is 4. The van der Waals surface area contributed by atoms with Crippen LogP contribution in [0, 0.1) is 6.92 Å². The van der Waals surface area contributed by atoms with Crippen molar-refractivity contribution in [2.45, 2.75) is 32.0 Å². The second-order valence-electron chi connectivity index (χ2n) is 6.86. The first-order valence-electron chi connectivity index (χ1n) is 8.90. The van der Waals surface area contributed by atoms with E-state index in [1.165, 1.54) is 21.4 Å². The molecule has 148 valence electrons. The van der Waals surface area contributed by atoms with Crippen LogP contribution >= 0.6 is 0 Å². The van der Waals surface area contributed by atoms with Gasteiger partial charge in [-0.2, -0.15) is 18.3 Å². The number of halogens is 3. The first-order valence-corrected chi connectivity index (χ1v) is 8.90. The summed E-state index contributed by atoms with van der Waals surface area (Å²) in [4.78, 5) is 28.3. The van der Waals surface area contributed by atoms with Gasteiger partial charge in [0.2, 0.25) is 0 Å². The number of nitrogens with one attached hydrogen (secondary N) is 2. The van der Waals surface area contributed by atoms with E-state index in [-0.39, 0.29) is 22.8 Å². The highest BCUT2D eigenvalue weighted by Crippen LogP contribution is 2.30. The summed E-state index contributed by atoms with van der Waals surface area (Å²) in [5.41, 5.74) is -1.34. The standard InChI is InChI=1S/C18H18F3N5O2/c1-10-14-15(23-17(28)25(16(14)27)12-5-7-22-8-6-12)26(24-10)13-4-2-3-11(9-13)18(19,20)21/h2-4,9,12,22H,5-8H2,1H3,(H,23,28). The van der Waals surface area contributed by atoms with E-state index in [1.54, 1.807) is 6.92 Å². The lowest BCUT2D eigenvalue weighted by Gasteiger charge is -2.23. The maximum absolute atomic E-state index is 13.0. The summed E-state index contributed by atoms with van der Waals surface area (Å²) in [5, 5.41) is 7.61. The number of aromatic nitrogens is 4. The molecule has 0 aliphatic carbocycles. The van der Waals surface area contributed by atoms with Crippen LogP contribution in [0.2, 0.25) is 0 Å². The number of aryl methyl sites for hydroxylation is 1. The molecule has 0 spiro atoms. The topological polar surface area (TPSA) is 84.7 Å². The Bertz CT molecular complexity index is 1150. The second kappa shape index (κ2) is 6.62. The average molecular weight is 393 g/mol. The number of hydrogen-bond donors (Lipinski definition) is 2. The van der Waals surface area contributed by atoms with E-state index in [0.717, 1.165) is 12.1 Å². The molecular formula is C18H18F3N5O2. The van der Waals surface area contributed by atoms with Crippen LogP contribution in [0.5, 0.6) is 0 Å². The van der Waals surface area contributed by atoms with Crippen molar-refractivity contribution < 1.29 is 13.2 Å². The molecule has 0 radical (unpaired) electrons. The van der Waals surface area contributed by atoms with Gasteiger partial charge in [-0.1, -0.05) is 6.07 Å². The van der Waals surface area contributed by atoms with Crippen LogP contribution < -0.4 is 16.6 Å². The van der Waals surface area contributed by atoms with Crippen molar-refractivity contribution in [1.29, 1.82) is 0 Å². The average Bonchev–Trinajstić information content (AvgIpc) is 2.98. The van der Waals surface area contributed by atoms with E-state index >= 15 is 0 Å². The number of benzene rings is 1. The van der Waals surface area contributed by atoms with Gasteiger partial charge in [-0.05, 0) is 51.1 Å². The van der Waals surface area contributed by atoms with Crippen molar-refractivity contribution in [3.8, 4) is 5.69 Å². The fraction of sp³-hybridized carbons (Fsp3) is 0.389. The Morgan fingerprint density at radius 3 is 2.57 bits per heavy atom. The Morgan fingerprint density at radius 2 is 1.89 bits per heavy atom. The molecule has 1 aliphatic heterocycles. The van der Waals surface area contributed by atoms with E-state index in [0.29, 0.717) is 31.6 Å². The highest BCUT2D eigenvalue weighted by atomic mass is 19.4. The molecular weight excluding hydrogens is 375 g/mol. The van der Waals surface area contributed by atoms with Gasteiger partial charge in [-0.25, -0.2) is 9.48 Å². The van der Waals surface area contributed by atoms with E-state index < -0.39 is 23.0 Å². The number of aromatic amines is 1. The molecule has 4 rings (SSSR count). The number of rotatable bonds is 2. The fourth-order valence-electron chi connectivity index (χ4n) is 3.67. The van der Waals surface area contributed by atoms with Crippen molar-refractivity contribution in [3.63, 3.8) is 0 Å². The molecule has 3 heterocycles. The molecule has 1 aliphatic rings. The largest absolute Gasteiger partial charge is 0.416 e. The normalized spacial score (nSPS) is 16.0. The summed E-state index contributed by atoms with van der Waals surface area (Å²) in [7, 11) is 0. The third-order valence-corrected chi connectivity index (χ3v) is 5.03. The quantitative estimate of drug-likeness (QED) is 0.699. The molecule has 0 amide bonds. The monoisotopic (exact) mass is 393 g/mol. The van der Waals surface area contributed by atoms with Gasteiger partial charge in [0.1, 0.15) is 5.39 Å². The van der Waals surface area contributed by atoms with Gasteiger partial charge in [-0.3, -0.25) is 14.3 Å². The third-order valence-electron chi connectivity index (χ3n) is 5.03. The lowest BCUT2D eigenvalue weighted by atomic mass is 10.1. The molecule has 3 aromatic rings. The zero-order valence-electron chi connectivity index (χ0n) is 15.0. The van der Waals surface area contributed by atoms with E-state index in [1.807, 2.05) is 0 Å². The summed E-state index contributed by atoms with van der Waals surface area (Å²) in [5.74, 6) is 0. The van der Waals surface area contributed by atoms with E-state index in [2.05, 4.69) is 15.4 Å². The molecule has 0 unspecified atom stereocenters. The van der Waals surface area contributed by atoms with Crippen molar-refractivity contribution in [2.75, 3.05) is 13.1 Å². The minimum atomic E-state index is -4.51. The summed E-state index contributed by atoms with van der Waals surface area (Å²) >= 11 is 0. The summed E-state index contributed by atoms with van der Waals surface area (Å²) < 4.78 is 41.5. The van der Waals surface area contributed by atoms with Crippen molar-refractivity contribution in [1.82, 2.24) is 24.6 Å². The molecule has 10 heteroatoms. The highest BCUT2D eigenvalue weighted by molar-refractivity contribution is 5.78. The molecule has 1 saturated heterocycles. The first kappa shape index (κ1) is 18.5. The molecule has 0 atom stereocenters. The number of fused-ring (bicyclic) bond motifs is 1. The van der Waals surface area contributed by atoms with Crippen molar-refractivity contribution in [3.05, 3.63) is 56.4 Å². The van der Waals surface area contributed by atoms with Crippen molar-refractivity contribution >= 4 is 11.0 Å². The van der Waals surface area contributed by atoms with Gasteiger partial charge >= 0.3 is 11.9 Å². The number of alkyl halides is 3. The van der Waals surface area contributed by atoms with Crippen molar-refractivity contribution in [2.24, 2.45) is 0 Å². The Kier molecular flexibility index (Phi) is 4.37. The Morgan fingerprint density at radius 1 is 1.18 bits per heavy atom. The smallest absolute Gasteiger partial charge is 0.317 e. The van der Waals surface area contributed by atoms with Gasteiger partial charge < -0.3 is 5.32 Å². The van der Waals surface area contributed by atoms with Gasteiger partial charge in [0.25, 0.3) is 5.56 Å². The lowest BCUT2D eigenvalue weighted by Crippen LogP contribution is -2.42. The Hall–Kier alpha value is -2.88. The first-order chi connectivity index (χ1) is 13.3. The fourth-order valence-corrected chi connectivity index (χ4v) is 3.67. The second-order valence-corrected chi connectivity index (χ2v) is 6.86.